The molecular weight excluding hydrogens is 589 g/mol. The van der Waals surface area contributed by atoms with Gasteiger partial charge in [-0.2, -0.15) is 18.4 Å². The number of benzene rings is 3. The average molecular weight is 611 g/mol. The van der Waals surface area contributed by atoms with E-state index >= 15 is 0 Å². The first-order valence-corrected chi connectivity index (χ1v) is 14.5. The standard InChI is InChI=1S/C29H21F3N4O4S2/c1-39-22-5-3-19(26(15-22)40-2)17-36(28-35-11-12-41-28)42(37,38)23-6-8-24-18(14-23)9-10-34-27(24)25-7-4-21(29(30,31)32)13-20(25)16-33/h3-15H,17H2,1-2H3. The molecule has 0 atom stereocenters. The second-order valence-electron chi connectivity index (χ2n) is 8.92. The highest BCUT2D eigenvalue weighted by atomic mass is 32.2. The Bertz CT molecular complexity index is 1920. The summed E-state index contributed by atoms with van der Waals surface area (Å²) in [6.07, 6.45) is -1.70. The van der Waals surface area contributed by atoms with Crippen LogP contribution in [-0.4, -0.2) is 32.6 Å². The van der Waals surface area contributed by atoms with Gasteiger partial charge in [0.1, 0.15) is 11.5 Å². The third-order valence-corrected chi connectivity index (χ3v) is 9.13. The van der Waals surface area contributed by atoms with Crippen molar-refractivity contribution in [2.24, 2.45) is 0 Å². The number of nitriles is 1. The van der Waals surface area contributed by atoms with Crippen LogP contribution in [0.1, 0.15) is 16.7 Å². The van der Waals surface area contributed by atoms with Crippen molar-refractivity contribution in [1.82, 2.24) is 9.97 Å². The first kappa shape index (κ1) is 28.8. The van der Waals surface area contributed by atoms with Gasteiger partial charge in [0.15, 0.2) is 5.13 Å². The van der Waals surface area contributed by atoms with Gasteiger partial charge in [-0.05, 0) is 47.9 Å². The Kier molecular flexibility index (Phi) is 7.77. The molecule has 2 heterocycles. The zero-order valence-electron chi connectivity index (χ0n) is 22.1. The van der Waals surface area contributed by atoms with Crippen molar-refractivity contribution in [2.45, 2.75) is 17.6 Å². The number of thiazole rings is 1. The van der Waals surface area contributed by atoms with Gasteiger partial charge in [-0.1, -0.05) is 12.1 Å². The van der Waals surface area contributed by atoms with Gasteiger partial charge in [0.05, 0.1) is 48.5 Å². The van der Waals surface area contributed by atoms with Gasteiger partial charge >= 0.3 is 6.18 Å². The molecule has 5 rings (SSSR count). The Labute approximate surface area is 243 Å². The minimum atomic E-state index is -4.61. The maximum Gasteiger partial charge on any atom is 0.416 e. The van der Waals surface area contributed by atoms with Crippen LogP contribution in [0.4, 0.5) is 18.3 Å². The topological polar surface area (TPSA) is 105 Å². The molecule has 0 radical (unpaired) electrons. The lowest BCUT2D eigenvalue weighted by molar-refractivity contribution is -0.137. The lowest BCUT2D eigenvalue weighted by Crippen LogP contribution is -2.30. The molecule has 5 aromatic rings. The van der Waals surface area contributed by atoms with Gasteiger partial charge in [0.25, 0.3) is 10.0 Å². The van der Waals surface area contributed by atoms with Gasteiger partial charge in [0.2, 0.25) is 0 Å². The lowest BCUT2D eigenvalue weighted by Gasteiger charge is -2.23. The molecule has 0 saturated carbocycles. The molecule has 0 aliphatic rings. The van der Waals surface area contributed by atoms with Crippen LogP contribution in [0, 0.1) is 11.3 Å². The highest BCUT2D eigenvalue weighted by Gasteiger charge is 2.32. The van der Waals surface area contributed by atoms with Crippen LogP contribution in [0.2, 0.25) is 0 Å². The van der Waals surface area contributed by atoms with Gasteiger partial charge in [-0.25, -0.2) is 17.7 Å². The Morgan fingerprint density at radius 1 is 0.976 bits per heavy atom. The molecule has 2 aromatic heterocycles. The molecule has 8 nitrogen and oxygen atoms in total. The van der Waals surface area contributed by atoms with E-state index in [9.17, 15) is 26.9 Å². The maximum atomic E-state index is 14.1. The summed E-state index contributed by atoms with van der Waals surface area (Å²) in [6.45, 7) is -0.0836. The first-order valence-electron chi connectivity index (χ1n) is 12.2. The second-order valence-corrected chi connectivity index (χ2v) is 11.7. The van der Waals surface area contributed by atoms with Gasteiger partial charge < -0.3 is 9.47 Å². The zero-order valence-corrected chi connectivity index (χ0v) is 23.7. The average Bonchev–Trinajstić information content (AvgIpc) is 3.53. The lowest BCUT2D eigenvalue weighted by atomic mass is 9.98. The number of rotatable bonds is 8. The number of alkyl halides is 3. The number of sulfonamides is 1. The van der Waals surface area contributed by atoms with Crippen molar-refractivity contribution in [3.05, 3.63) is 95.1 Å². The molecule has 42 heavy (non-hydrogen) atoms. The summed E-state index contributed by atoms with van der Waals surface area (Å²) in [5.41, 5.74) is -0.128. The van der Waals surface area contributed by atoms with Crippen molar-refractivity contribution in [3.63, 3.8) is 0 Å². The van der Waals surface area contributed by atoms with Crippen LogP contribution in [0.3, 0.4) is 0 Å². The van der Waals surface area contributed by atoms with Crippen molar-refractivity contribution in [1.29, 1.82) is 5.26 Å². The molecule has 214 valence electrons. The third-order valence-electron chi connectivity index (χ3n) is 6.49. The van der Waals surface area contributed by atoms with E-state index in [1.165, 1.54) is 55.2 Å². The molecule has 13 heteroatoms. The van der Waals surface area contributed by atoms with E-state index in [-0.39, 0.29) is 33.4 Å². The fourth-order valence-corrected chi connectivity index (χ4v) is 6.71. The Morgan fingerprint density at radius 3 is 2.45 bits per heavy atom. The summed E-state index contributed by atoms with van der Waals surface area (Å²) in [4.78, 5) is 8.50. The summed E-state index contributed by atoms with van der Waals surface area (Å²) in [7, 11) is -1.18. The van der Waals surface area contributed by atoms with E-state index < -0.39 is 21.8 Å². The number of pyridine rings is 1. The summed E-state index contributed by atoms with van der Waals surface area (Å²) in [5.74, 6) is 0.982. The predicted octanol–water partition coefficient (Wildman–Crippen LogP) is 6.66. The van der Waals surface area contributed by atoms with Crippen LogP contribution < -0.4 is 13.8 Å². The number of methoxy groups -OCH3 is 2. The molecule has 3 aromatic carbocycles. The highest BCUT2D eigenvalue weighted by molar-refractivity contribution is 7.93. The summed E-state index contributed by atoms with van der Waals surface area (Å²) >= 11 is 1.15. The van der Waals surface area contributed by atoms with Crippen LogP contribution in [-0.2, 0) is 22.7 Å². The second kappa shape index (κ2) is 11.3. The molecule has 0 aliphatic carbocycles. The van der Waals surface area contributed by atoms with Crippen molar-refractivity contribution in [2.75, 3.05) is 18.5 Å². The fraction of sp³-hybridized carbons (Fsp3) is 0.138. The Balaban J connectivity index is 1.59. The number of ether oxygens (including phenoxy) is 2. The number of hydrogen-bond acceptors (Lipinski definition) is 8. The van der Waals surface area contributed by atoms with Crippen LogP contribution >= 0.6 is 11.3 Å². The monoisotopic (exact) mass is 610 g/mol. The third kappa shape index (κ3) is 5.46. The van der Waals surface area contributed by atoms with E-state index in [0.717, 1.165) is 23.5 Å². The SMILES string of the molecule is COc1ccc(CN(c2nccs2)S(=O)(=O)c2ccc3c(-c4ccc(C(F)(F)F)cc4C#N)nccc3c2)c(OC)c1. The molecule has 0 amide bonds. The highest BCUT2D eigenvalue weighted by Crippen LogP contribution is 2.37. The van der Waals surface area contributed by atoms with Crippen LogP contribution in [0.15, 0.2) is 83.3 Å². The van der Waals surface area contributed by atoms with Crippen molar-refractivity contribution < 1.29 is 31.1 Å². The molecule has 0 saturated heterocycles. The molecule has 0 spiro atoms. The summed E-state index contributed by atoms with van der Waals surface area (Å²) < 4.78 is 79.7. The van der Waals surface area contributed by atoms with Gasteiger partial charge in [0, 0.05) is 40.4 Å². The van der Waals surface area contributed by atoms with E-state index in [4.69, 9.17) is 9.47 Å². The number of aromatic nitrogens is 2. The quantitative estimate of drug-likeness (QED) is 0.193. The number of anilines is 1. The smallest absolute Gasteiger partial charge is 0.416 e. The predicted molar refractivity (Wildman–Crippen MR) is 152 cm³/mol. The first-order chi connectivity index (χ1) is 20.1. The van der Waals surface area contributed by atoms with E-state index in [1.807, 2.05) is 6.07 Å². The number of nitrogens with zero attached hydrogens (tertiary/aromatic N) is 4. The zero-order chi connectivity index (χ0) is 30.1. The minimum absolute atomic E-state index is 0.0391. The molecule has 0 unspecified atom stereocenters. The molecule has 0 bridgehead atoms. The summed E-state index contributed by atoms with van der Waals surface area (Å²) in [5, 5.41) is 12.4. The van der Waals surface area contributed by atoms with Crippen LogP contribution in [0.5, 0.6) is 11.5 Å². The minimum Gasteiger partial charge on any atom is -0.497 e. The van der Waals surface area contributed by atoms with E-state index in [0.29, 0.717) is 27.8 Å². The molecule has 0 N–H and O–H groups in total. The molecular formula is C29H21F3N4O4S2. The number of hydrogen-bond donors (Lipinski definition) is 0. The van der Waals surface area contributed by atoms with E-state index in [2.05, 4.69) is 9.97 Å². The Hall–Kier alpha value is -4.67. The largest absolute Gasteiger partial charge is 0.497 e. The maximum absolute atomic E-state index is 14.1. The van der Waals surface area contributed by atoms with Crippen LogP contribution in [0.25, 0.3) is 22.0 Å². The molecule has 0 aliphatic heterocycles. The van der Waals surface area contributed by atoms with Crippen molar-refractivity contribution >= 4 is 37.3 Å². The van der Waals surface area contributed by atoms with Crippen molar-refractivity contribution in [3.8, 4) is 28.8 Å². The van der Waals surface area contributed by atoms with E-state index in [1.54, 1.807) is 29.6 Å². The molecule has 0 fully saturated rings. The Morgan fingerprint density at radius 2 is 1.79 bits per heavy atom. The van der Waals surface area contributed by atoms with Gasteiger partial charge in [-0.3, -0.25) is 4.98 Å². The van der Waals surface area contributed by atoms with Gasteiger partial charge in [-0.15, -0.1) is 11.3 Å². The normalized spacial score (nSPS) is 11.7. The summed E-state index contributed by atoms with van der Waals surface area (Å²) in [6, 6.07) is 15.7. The number of fused-ring (bicyclic) bond motifs is 1. The number of halogens is 3. The fourth-order valence-electron chi connectivity index (χ4n) is 4.41.